The third-order valence-corrected chi connectivity index (χ3v) is 5.23. The zero-order valence-electron chi connectivity index (χ0n) is 17.5. The van der Waals surface area contributed by atoms with Crippen molar-refractivity contribution in [3.05, 3.63) is 83.1 Å². The van der Waals surface area contributed by atoms with E-state index in [1.54, 1.807) is 0 Å². The number of benzene rings is 1. The van der Waals surface area contributed by atoms with E-state index in [9.17, 15) is 19.2 Å². The highest BCUT2D eigenvalue weighted by Gasteiger charge is 2.50. The molecule has 2 aliphatic heterocycles. The molecule has 1 aromatic rings. The molecule has 31 heavy (non-hydrogen) atoms. The molecule has 1 aromatic carbocycles. The number of rotatable bonds is 2. The van der Waals surface area contributed by atoms with Gasteiger partial charge in [0, 0.05) is 23.3 Å². The Hall–Kier alpha value is -3.62. The minimum atomic E-state index is -1.68. The van der Waals surface area contributed by atoms with E-state index in [1.807, 2.05) is 18.2 Å². The van der Waals surface area contributed by atoms with E-state index in [0.717, 1.165) is 9.80 Å². The predicted octanol–water partition coefficient (Wildman–Crippen LogP) is 1.05. The lowest BCUT2D eigenvalue weighted by Gasteiger charge is -2.43. The lowest BCUT2D eigenvalue weighted by molar-refractivity contribution is -0.143. The van der Waals surface area contributed by atoms with Gasteiger partial charge in [-0.2, -0.15) is 0 Å². The van der Waals surface area contributed by atoms with Gasteiger partial charge in [-0.05, 0) is 32.9 Å². The fraction of sp³-hybridized carbons (Fsp3) is 0.217. The van der Waals surface area contributed by atoms with Gasteiger partial charge in [-0.25, -0.2) is 4.90 Å². The zero-order chi connectivity index (χ0) is 22.9. The molecule has 0 saturated carbocycles. The van der Waals surface area contributed by atoms with Crippen LogP contribution in [0.25, 0.3) is 0 Å². The smallest absolute Gasteiger partial charge is 0.260 e. The second-order valence-corrected chi connectivity index (χ2v) is 7.58. The molecule has 4 amide bonds. The van der Waals surface area contributed by atoms with Gasteiger partial charge in [-0.1, -0.05) is 42.0 Å². The van der Waals surface area contributed by atoms with Crippen molar-refractivity contribution < 1.29 is 19.2 Å². The molecule has 0 saturated heterocycles. The Labute approximate surface area is 180 Å². The summed E-state index contributed by atoms with van der Waals surface area (Å²) in [6, 6.07) is 9.12. The number of hydrogen-bond donors (Lipinski definition) is 2. The maximum atomic E-state index is 12.3. The van der Waals surface area contributed by atoms with E-state index in [4.69, 9.17) is 11.5 Å². The normalized spacial score (nSPS) is 25.3. The first-order chi connectivity index (χ1) is 14.6. The van der Waals surface area contributed by atoms with Crippen molar-refractivity contribution in [2.24, 2.45) is 11.5 Å². The Bertz CT molecular complexity index is 1080. The second-order valence-electron chi connectivity index (χ2n) is 7.58. The van der Waals surface area contributed by atoms with E-state index >= 15 is 0 Å². The van der Waals surface area contributed by atoms with Crippen LogP contribution in [0.4, 0.5) is 0 Å². The molecule has 4 N–H and O–H groups in total. The third kappa shape index (κ3) is 3.90. The molecule has 4 rings (SSSR count). The summed E-state index contributed by atoms with van der Waals surface area (Å²) in [5.41, 5.74) is 12.7. The lowest BCUT2D eigenvalue weighted by atomic mass is 9.91. The van der Waals surface area contributed by atoms with Gasteiger partial charge in [0.2, 0.25) is 0 Å². The van der Waals surface area contributed by atoms with Crippen molar-refractivity contribution in [1.29, 1.82) is 0 Å². The summed E-state index contributed by atoms with van der Waals surface area (Å²) >= 11 is 0. The van der Waals surface area contributed by atoms with Gasteiger partial charge in [0.05, 0.1) is 11.7 Å². The van der Waals surface area contributed by atoms with Crippen molar-refractivity contribution in [2.45, 2.75) is 32.5 Å². The summed E-state index contributed by atoms with van der Waals surface area (Å²) < 4.78 is 0. The Kier molecular flexibility index (Phi) is 5.88. The summed E-state index contributed by atoms with van der Waals surface area (Å²) in [5.74, 6) is -2.19. The Morgan fingerprint density at radius 2 is 1.45 bits per heavy atom. The van der Waals surface area contributed by atoms with Crippen molar-refractivity contribution in [3.63, 3.8) is 0 Å². The molecule has 0 bridgehead atoms. The molecule has 2 unspecified atom stereocenters. The van der Waals surface area contributed by atoms with Crippen LogP contribution in [0.1, 0.15) is 19.4 Å². The maximum Gasteiger partial charge on any atom is 0.260 e. The molecule has 3 aliphatic rings. The highest BCUT2D eigenvalue weighted by molar-refractivity contribution is 6.18. The van der Waals surface area contributed by atoms with Crippen LogP contribution >= 0.6 is 0 Å². The second kappa shape index (κ2) is 8.25. The van der Waals surface area contributed by atoms with Crippen molar-refractivity contribution >= 4 is 23.6 Å². The van der Waals surface area contributed by atoms with Crippen LogP contribution in [0.2, 0.25) is 0 Å². The zero-order valence-corrected chi connectivity index (χ0v) is 17.5. The molecule has 2 atom stereocenters. The molecular formula is C23H24N4O4. The predicted molar refractivity (Wildman–Crippen MR) is 115 cm³/mol. The van der Waals surface area contributed by atoms with Gasteiger partial charge in [0.15, 0.2) is 0 Å². The molecule has 0 fully saturated rings. The Morgan fingerprint density at radius 3 is 1.90 bits per heavy atom. The van der Waals surface area contributed by atoms with E-state index in [0.29, 0.717) is 0 Å². The topological polar surface area (TPSA) is 127 Å². The molecule has 0 aromatic heterocycles. The number of nitrogens with zero attached hydrogens (tertiary/aromatic N) is 2. The number of carbonyl (C=O) groups excluding carboxylic acids is 4. The Morgan fingerprint density at radius 1 is 0.871 bits per heavy atom. The first kappa shape index (κ1) is 22.1. The van der Waals surface area contributed by atoms with Crippen LogP contribution in [-0.2, 0) is 19.2 Å². The monoisotopic (exact) mass is 420 g/mol. The van der Waals surface area contributed by atoms with Crippen LogP contribution in [0.3, 0.4) is 0 Å². The molecular weight excluding hydrogens is 396 g/mol. The third-order valence-electron chi connectivity index (χ3n) is 5.23. The maximum absolute atomic E-state index is 12.3. The van der Waals surface area contributed by atoms with Crippen molar-refractivity contribution in [1.82, 2.24) is 9.80 Å². The first-order valence-corrected chi connectivity index (χ1v) is 9.67. The summed E-state index contributed by atoms with van der Waals surface area (Å²) in [7, 11) is 0. The van der Waals surface area contributed by atoms with Crippen LogP contribution in [0, 0.1) is 6.92 Å². The van der Waals surface area contributed by atoms with Gasteiger partial charge in [-0.3, -0.25) is 24.1 Å². The van der Waals surface area contributed by atoms with Gasteiger partial charge in [-0.15, -0.1) is 0 Å². The van der Waals surface area contributed by atoms with E-state index < -0.39 is 35.3 Å². The fourth-order valence-corrected chi connectivity index (χ4v) is 3.49. The lowest BCUT2D eigenvalue weighted by Crippen LogP contribution is -2.69. The van der Waals surface area contributed by atoms with Crippen molar-refractivity contribution in [3.8, 4) is 0 Å². The molecule has 0 radical (unpaired) electrons. The summed E-state index contributed by atoms with van der Waals surface area (Å²) in [5, 5.41) is 0. The molecule has 8 heteroatoms. The largest absolute Gasteiger partial charge is 0.319 e. The number of carbonyl (C=O) groups is 4. The molecule has 0 spiro atoms. The molecule has 160 valence electrons. The van der Waals surface area contributed by atoms with Crippen molar-refractivity contribution in [2.75, 3.05) is 0 Å². The minimum Gasteiger partial charge on any atom is -0.319 e. The van der Waals surface area contributed by atoms with E-state index in [-0.39, 0.29) is 16.8 Å². The Balaban J connectivity index is 0.000000330. The SMILES string of the molecule is CC1=CC(=O)N(C2=CC=CC(N)(N3C(=O)C=C(C)C3=O)C2N)C1=O.Cc1ccccc1. The molecule has 2 heterocycles. The standard InChI is InChI=1S/C16H16N4O4.C7H8/c1-8-6-11(21)19(14(8)23)10-4-3-5-16(18,13(10)17)20-12(22)7-9(2)15(20)24;1-7-5-3-2-4-6-7/h3-7,13H,17-18H2,1-2H3;2-6H,1H3. The highest BCUT2D eigenvalue weighted by atomic mass is 16.2. The number of hydrogen-bond acceptors (Lipinski definition) is 6. The van der Waals surface area contributed by atoms with Gasteiger partial charge < -0.3 is 11.5 Å². The fourth-order valence-electron chi connectivity index (χ4n) is 3.49. The van der Waals surface area contributed by atoms with Gasteiger partial charge >= 0.3 is 0 Å². The number of amides is 4. The van der Waals surface area contributed by atoms with E-state index in [1.165, 1.54) is 49.8 Å². The quantitative estimate of drug-likeness (QED) is 0.689. The number of nitrogens with two attached hydrogens (primary N) is 2. The summed E-state index contributed by atoms with van der Waals surface area (Å²) in [4.78, 5) is 50.4. The summed E-state index contributed by atoms with van der Waals surface area (Å²) in [6.45, 7) is 5.10. The average Bonchev–Trinajstić information content (AvgIpc) is 3.12. The van der Waals surface area contributed by atoms with Crippen LogP contribution < -0.4 is 11.5 Å². The van der Waals surface area contributed by atoms with E-state index in [2.05, 4.69) is 19.1 Å². The van der Waals surface area contributed by atoms with Gasteiger partial charge in [0.25, 0.3) is 23.6 Å². The number of allylic oxidation sites excluding steroid dienone is 2. The highest BCUT2D eigenvalue weighted by Crippen LogP contribution is 2.32. The average molecular weight is 420 g/mol. The van der Waals surface area contributed by atoms with Crippen LogP contribution in [-0.4, -0.2) is 45.1 Å². The van der Waals surface area contributed by atoms with Crippen LogP contribution in [0.15, 0.2) is 77.6 Å². The molecule has 8 nitrogen and oxygen atoms in total. The minimum absolute atomic E-state index is 0.133. The van der Waals surface area contributed by atoms with Gasteiger partial charge in [0.1, 0.15) is 5.66 Å². The summed E-state index contributed by atoms with van der Waals surface area (Å²) in [6.07, 6.45) is 6.73. The first-order valence-electron chi connectivity index (χ1n) is 9.67. The van der Waals surface area contributed by atoms with Crippen LogP contribution in [0.5, 0.6) is 0 Å². The molecule has 1 aliphatic carbocycles. The number of aryl methyl sites for hydroxylation is 1. The number of imide groups is 2.